The lowest BCUT2D eigenvalue weighted by Gasteiger charge is -2.36. The van der Waals surface area contributed by atoms with Crippen LogP contribution in [-0.2, 0) is 9.53 Å². The second-order valence-electron chi connectivity index (χ2n) is 10.7. The average Bonchev–Trinajstić information content (AvgIpc) is 3.36. The molecule has 2 fully saturated rings. The first-order valence-corrected chi connectivity index (χ1v) is 13.4. The number of halogens is 1. The van der Waals surface area contributed by atoms with Gasteiger partial charge in [-0.2, -0.15) is 10.4 Å². The van der Waals surface area contributed by atoms with Crippen LogP contribution in [0.5, 0.6) is 11.5 Å². The van der Waals surface area contributed by atoms with Gasteiger partial charge >= 0.3 is 0 Å². The summed E-state index contributed by atoms with van der Waals surface area (Å²) < 4.78 is 28.3. The Hall–Kier alpha value is -4.82. The Balaban J connectivity index is 1.32. The summed E-state index contributed by atoms with van der Waals surface area (Å²) in [6, 6.07) is 15.5. The highest BCUT2D eigenvalue weighted by atomic mass is 19.1. The van der Waals surface area contributed by atoms with Crippen LogP contribution in [0.1, 0.15) is 25.8 Å². The zero-order chi connectivity index (χ0) is 28.6. The highest BCUT2D eigenvalue weighted by molar-refractivity contribution is 5.99. The molecule has 4 aromatic rings. The molecule has 2 aliphatic heterocycles. The fourth-order valence-corrected chi connectivity index (χ4v) is 5.32. The van der Waals surface area contributed by atoms with Crippen molar-refractivity contribution >= 4 is 22.8 Å². The highest BCUT2D eigenvalue weighted by Gasteiger charge is 2.35. The highest BCUT2D eigenvalue weighted by Crippen LogP contribution is 2.37. The van der Waals surface area contributed by atoms with Crippen molar-refractivity contribution < 1.29 is 18.7 Å². The Kier molecular flexibility index (Phi) is 6.85. The molecule has 4 heterocycles. The smallest absolute Gasteiger partial charge is 0.264 e. The van der Waals surface area contributed by atoms with E-state index in [4.69, 9.17) is 20.3 Å². The van der Waals surface area contributed by atoms with Gasteiger partial charge in [0.25, 0.3) is 5.91 Å². The Morgan fingerprint density at radius 2 is 2.02 bits per heavy atom. The molecule has 2 N–H and O–H groups in total. The maximum absolute atomic E-state index is 15.5. The lowest BCUT2D eigenvalue weighted by molar-refractivity contribution is -0.128. The number of likely N-dealkylation sites (tertiary alicyclic amines) is 1. The molecule has 2 aromatic carbocycles. The molecule has 0 radical (unpaired) electrons. The molecule has 1 atom stereocenters. The van der Waals surface area contributed by atoms with Crippen LogP contribution in [0.3, 0.4) is 0 Å². The molecule has 0 aliphatic carbocycles. The number of carbonyl (C=O) groups is 1. The van der Waals surface area contributed by atoms with Crippen LogP contribution >= 0.6 is 0 Å². The first-order valence-electron chi connectivity index (χ1n) is 13.4. The number of nitriles is 1. The minimum Gasteiger partial charge on any atom is -0.457 e. The number of rotatable bonds is 6. The molecule has 2 aliphatic rings. The largest absolute Gasteiger partial charge is 0.457 e. The molecule has 0 unspecified atom stereocenters. The van der Waals surface area contributed by atoms with Crippen molar-refractivity contribution in [1.29, 1.82) is 5.26 Å². The Morgan fingerprint density at radius 3 is 2.73 bits per heavy atom. The van der Waals surface area contributed by atoms with Gasteiger partial charge in [-0.25, -0.2) is 19.0 Å². The number of anilines is 1. The maximum atomic E-state index is 15.5. The van der Waals surface area contributed by atoms with Gasteiger partial charge in [0, 0.05) is 30.1 Å². The summed E-state index contributed by atoms with van der Waals surface area (Å²) in [5.74, 6) is 0.250. The number of hydrogen-bond acceptors (Lipinski definition) is 8. The summed E-state index contributed by atoms with van der Waals surface area (Å²) in [5.41, 5.74) is 7.03. The lowest BCUT2D eigenvalue weighted by atomic mass is 9.86. The Morgan fingerprint density at radius 1 is 1.22 bits per heavy atom. The number of nitrogen functional groups attached to an aromatic ring is 1. The van der Waals surface area contributed by atoms with Gasteiger partial charge in [-0.3, -0.25) is 4.79 Å². The molecule has 0 spiro atoms. The van der Waals surface area contributed by atoms with Crippen molar-refractivity contribution in [3.8, 4) is 28.8 Å². The van der Waals surface area contributed by atoms with Gasteiger partial charge in [-0.05, 0) is 37.1 Å². The van der Waals surface area contributed by atoms with Crippen LogP contribution in [0.2, 0.25) is 0 Å². The predicted molar refractivity (Wildman–Crippen MR) is 149 cm³/mol. The number of benzene rings is 2. The molecular formula is C30H28FN7O3. The van der Waals surface area contributed by atoms with Gasteiger partial charge in [0.15, 0.2) is 5.65 Å². The zero-order valence-corrected chi connectivity index (χ0v) is 22.5. The molecule has 2 saturated heterocycles. The zero-order valence-electron chi connectivity index (χ0n) is 22.5. The molecule has 0 bridgehead atoms. The molecule has 208 valence electrons. The fraction of sp³-hybridized carbons (Fsp3) is 0.300. The average molecular weight is 554 g/mol. The normalized spacial score (nSPS) is 18.5. The third-order valence-corrected chi connectivity index (χ3v) is 7.43. The number of amides is 1. The van der Waals surface area contributed by atoms with Crippen LogP contribution < -0.4 is 10.5 Å². The first kappa shape index (κ1) is 26.4. The van der Waals surface area contributed by atoms with E-state index in [1.165, 1.54) is 12.4 Å². The third-order valence-electron chi connectivity index (χ3n) is 7.43. The van der Waals surface area contributed by atoms with Crippen LogP contribution in [0, 0.1) is 22.6 Å². The van der Waals surface area contributed by atoms with Crippen LogP contribution in [0.25, 0.3) is 22.3 Å². The summed E-state index contributed by atoms with van der Waals surface area (Å²) in [6.45, 7) is 3.75. The van der Waals surface area contributed by atoms with Crippen molar-refractivity contribution in [2.24, 2.45) is 5.41 Å². The summed E-state index contributed by atoms with van der Waals surface area (Å²) in [7, 11) is 0. The predicted octanol–water partition coefficient (Wildman–Crippen LogP) is 4.66. The minimum atomic E-state index is -0.536. The fourth-order valence-electron chi connectivity index (χ4n) is 5.32. The topological polar surface area (TPSA) is 132 Å². The van der Waals surface area contributed by atoms with Crippen molar-refractivity contribution in [2.45, 2.75) is 25.8 Å². The Bertz CT molecular complexity index is 1690. The molecule has 2 aromatic heterocycles. The van der Waals surface area contributed by atoms with E-state index in [2.05, 4.69) is 16.0 Å². The van der Waals surface area contributed by atoms with Crippen molar-refractivity contribution in [3.63, 3.8) is 0 Å². The standard InChI is InChI=1S/C30H28FN7O3/c1-30(16-40-17-30)13-19(14-32)29(39)37-11-5-6-20(15-37)38-28-25(27(33)34-18-35-28)26(36-38)23-10-9-22(12-24(23)31)41-21-7-3-2-4-8-21/h2-4,7-10,12-13,18,20H,5-6,11,15-17H2,1H3,(H2,33,34,35)/t20-/m0/s1. The Labute approximate surface area is 235 Å². The molecular weight excluding hydrogens is 525 g/mol. The third kappa shape index (κ3) is 5.10. The first-order chi connectivity index (χ1) is 19.8. The van der Waals surface area contributed by atoms with E-state index in [1.54, 1.807) is 39.9 Å². The van der Waals surface area contributed by atoms with Crippen LogP contribution in [0.4, 0.5) is 10.2 Å². The van der Waals surface area contributed by atoms with E-state index in [-0.39, 0.29) is 34.3 Å². The SMILES string of the molecule is CC1(C=C(C#N)C(=O)N2CCC[C@H](n3nc(-c4ccc(Oc5ccccc5)cc4F)c4c(N)ncnc43)C2)COC1. The summed E-state index contributed by atoms with van der Waals surface area (Å²) in [6.07, 6.45) is 4.47. The number of carbonyl (C=O) groups excluding carboxylic acids is 1. The monoisotopic (exact) mass is 553 g/mol. The second-order valence-corrected chi connectivity index (χ2v) is 10.7. The molecule has 6 rings (SSSR count). The number of para-hydroxylation sites is 1. The van der Waals surface area contributed by atoms with E-state index >= 15 is 4.39 Å². The number of fused-ring (bicyclic) bond motifs is 1. The number of nitrogens with two attached hydrogens (primary N) is 1. The molecule has 0 saturated carbocycles. The number of hydrogen-bond donors (Lipinski definition) is 1. The number of aromatic nitrogens is 4. The molecule has 1 amide bonds. The summed E-state index contributed by atoms with van der Waals surface area (Å²) in [4.78, 5) is 23.6. The lowest BCUT2D eigenvalue weighted by Crippen LogP contribution is -2.43. The second kappa shape index (κ2) is 10.6. The van der Waals surface area contributed by atoms with Crippen LogP contribution in [-0.4, -0.2) is 56.9 Å². The maximum Gasteiger partial charge on any atom is 0.264 e. The van der Waals surface area contributed by atoms with E-state index in [0.717, 1.165) is 0 Å². The van der Waals surface area contributed by atoms with Crippen molar-refractivity contribution in [3.05, 3.63) is 72.3 Å². The van der Waals surface area contributed by atoms with Gasteiger partial charge < -0.3 is 20.1 Å². The number of nitrogens with zero attached hydrogens (tertiary/aromatic N) is 6. The van der Waals surface area contributed by atoms with Gasteiger partial charge in [0.1, 0.15) is 46.8 Å². The molecule has 41 heavy (non-hydrogen) atoms. The minimum absolute atomic E-state index is 0.105. The van der Waals surface area contributed by atoms with Gasteiger partial charge in [0.2, 0.25) is 0 Å². The van der Waals surface area contributed by atoms with E-state index in [0.29, 0.717) is 67.4 Å². The van der Waals surface area contributed by atoms with Crippen molar-refractivity contribution in [1.82, 2.24) is 24.6 Å². The quantitative estimate of drug-likeness (QED) is 0.269. The molecule has 10 nitrogen and oxygen atoms in total. The summed E-state index contributed by atoms with van der Waals surface area (Å²) >= 11 is 0. The van der Waals surface area contributed by atoms with Gasteiger partial charge in [0.05, 0.1) is 24.6 Å². The van der Waals surface area contributed by atoms with E-state index < -0.39 is 5.82 Å². The van der Waals surface area contributed by atoms with Gasteiger partial charge in [-0.15, -0.1) is 0 Å². The summed E-state index contributed by atoms with van der Waals surface area (Å²) in [5, 5.41) is 14.9. The number of ether oxygens (including phenoxy) is 2. The molecule has 11 heteroatoms. The van der Waals surface area contributed by atoms with Crippen molar-refractivity contribution in [2.75, 3.05) is 32.0 Å². The van der Waals surface area contributed by atoms with E-state index in [1.807, 2.05) is 25.1 Å². The van der Waals surface area contributed by atoms with Gasteiger partial charge in [-0.1, -0.05) is 31.2 Å². The van der Waals surface area contributed by atoms with E-state index in [9.17, 15) is 10.1 Å². The number of piperidine rings is 1. The van der Waals surface area contributed by atoms with Crippen LogP contribution in [0.15, 0.2) is 66.5 Å².